The number of hydrogen-bond acceptors (Lipinski definition) is 6. The van der Waals surface area contributed by atoms with E-state index in [9.17, 15) is 4.79 Å². The van der Waals surface area contributed by atoms with Crippen molar-refractivity contribution in [3.63, 3.8) is 0 Å². The molecule has 2 unspecified atom stereocenters. The van der Waals surface area contributed by atoms with Crippen molar-refractivity contribution in [1.29, 1.82) is 0 Å². The predicted octanol–water partition coefficient (Wildman–Crippen LogP) is 4.03. The molecule has 1 amide bonds. The average molecular weight is 499 g/mol. The molecule has 0 saturated carbocycles. The number of nitrogens with zero attached hydrogens (tertiary/aromatic N) is 4. The van der Waals surface area contributed by atoms with Gasteiger partial charge in [-0.05, 0) is 74.6 Å². The highest BCUT2D eigenvalue weighted by Gasteiger charge is 2.23. The second kappa shape index (κ2) is 11.4. The van der Waals surface area contributed by atoms with Crippen molar-refractivity contribution in [3.8, 4) is 11.1 Å². The van der Waals surface area contributed by atoms with E-state index in [1.807, 2.05) is 42.7 Å². The highest BCUT2D eigenvalue weighted by molar-refractivity contribution is 5.96. The minimum atomic E-state index is -0.0115. The Hall–Kier alpha value is -3.29. The smallest absolute Gasteiger partial charge is 0.251 e. The van der Waals surface area contributed by atoms with Gasteiger partial charge in [0.25, 0.3) is 5.91 Å². The third-order valence-corrected chi connectivity index (χ3v) is 7.47. The molecular formula is C30H38N6O. The Kier molecular flexibility index (Phi) is 7.82. The number of amides is 1. The van der Waals surface area contributed by atoms with Crippen molar-refractivity contribution in [2.24, 2.45) is 0 Å². The van der Waals surface area contributed by atoms with Crippen LogP contribution in [0.25, 0.3) is 11.1 Å². The summed E-state index contributed by atoms with van der Waals surface area (Å²) in [5, 5.41) is 6.85. The summed E-state index contributed by atoms with van der Waals surface area (Å²) in [7, 11) is 0. The third kappa shape index (κ3) is 6.35. The number of hydrogen-bond donors (Lipinski definition) is 2. The van der Waals surface area contributed by atoms with Gasteiger partial charge < -0.3 is 15.5 Å². The standard InChI is InChI=1S/C30H38N6O/c1-21-6-8-25(15-28(21)26-5-4-12-31-17-26)30(37)34-27-10-13-36(14-11-27)29-9-7-24(16-32-29)20-35-18-22(2)33-23(3)19-35/h4-9,12,15-17,22-23,27,33H,10-11,13-14,18-20H2,1-3H3,(H,34,37). The fourth-order valence-corrected chi connectivity index (χ4v) is 5.64. The molecule has 2 aliphatic heterocycles. The fraction of sp³-hybridized carbons (Fsp3) is 0.433. The van der Waals surface area contributed by atoms with Crippen LogP contribution in [0.15, 0.2) is 61.1 Å². The molecular weight excluding hydrogens is 460 g/mol. The summed E-state index contributed by atoms with van der Waals surface area (Å²) >= 11 is 0. The van der Waals surface area contributed by atoms with Gasteiger partial charge in [-0.3, -0.25) is 14.7 Å². The molecule has 2 fully saturated rings. The number of pyridine rings is 2. The number of piperazine rings is 1. The van der Waals surface area contributed by atoms with Gasteiger partial charge in [-0.15, -0.1) is 0 Å². The first kappa shape index (κ1) is 25.4. The van der Waals surface area contributed by atoms with E-state index in [4.69, 9.17) is 4.98 Å². The number of nitrogens with one attached hydrogen (secondary N) is 2. The number of benzene rings is 1. The molecule has 5 rings (SSSR count). The Morgan fingerprint density at radius 1 is 1.05 bits per heavy atom. The normalized spacial score (nSPS) is 21.1. The average Bonchev–Trinajstić information content (AvgIpc) is 2.90. The summed E-state index contributed by atoms with van der Waals surface area (Å²) < 4.78 is 0. The van der Waals surface area contributed by atoms with Crippen molar-refractivity contribution in [1.82, 2.24) is 25.5 Å². The van der Waals surface area contributed by atoms with Crippen LogP contribution >= 0.6 is 0 Å². The molecule has 2 aromatic heterocycles. The first-order chi connectivity index (χ1) is 17.9. The maximum Gasteiger partial charge on any atom is 0.251 e. The van der Waals surface area contributed by atoms with Gasteiger partial charge in [0.05, 0.1) is 0 Å². The molecule has 2 atom stereocenters. The van der Waals surface area contributed by atoms with Gasteiger partial charge in [0.2, 0.25) is 0 Å². The van der Waals surface area contributed by atoms with Gasteiger partial charge in [-0.1, -0.05) is 18.2 Å². The second-order valence-electron chi connectivity index (χ2n) is 10.7. The molecule has 2 saturated heterocycles. The molecule has 0 spiro atoms. The quantitative estimate of drug-likeness (QED) is 0.535. The predicted molar refractivity (Wildman–Crippen MR) is 149 cm³/mol. The summed E-state index contributed by atoms with van der Waals surface area (Å²) in [5.41, 5.74) is 5.16. The number of aryl methyl sites for hydroxylation is 1. The largest absolute Gasteiger partial charge is 0.356 e. The highest BCUT2D eigenvalue weighted by atomic mass is 16.1. The number of rotatable bonds is 6. The van der Waals surface area contributed by atoms with E-state index in [0.29, 0.717) is 17.6 Å². The van der Waals surface area contributed by atoms with E-state index in [1.54, 1.807) is 6.20 Å². The maximum absolute atomic E-state index is 13.0. The van der Waals surface area contributed by atoms with Crippen LogP contribution in [0, 0.1) is 6.92 Å². The minimum absolute atomic E-state index is 0.0115. The maximum atomic E-state index is 13.0. The topological polar surface area (TPSA) is 73.4 Å². The van der Waals surface area contributed by atoms with Crippen LogP contribution in [0.4, 0.5) is 5.82 Å². The van der Waals surface area contributed by atoms with Crippen molar-refractivity contribution in [2.45, 2.75) is 58.3 Å². The molecule has 4 heterocycles. The lowest BCUT2D eigenvalue weighted by Crippen LogP contribution is -2.53. The Morgan fingerprint density at radius 3 is 2.51 bits per heavy atom. The van der Waals surface area contributed by atoms with E-state index >= 15 is 0 Å². The van der Waals surface area contributed by atoms with Crippen molar-refractivity contribution in [2.75, 3.05) is 31.1 Å². The van der Waals surface area contributed by atoms with Crippen LogP contribution in [0.2, 0.25) is 0 Å². The zero-order chi connectivity index (χ0) is 25.8. The van der Waals surface area contributed by atoms with E-state index in [0.717, 1.165) is 68.1 Å². The number of carbonyl (C=O) groups excluding carboxylic acids is 1. The lowest BCUT2D eigenvalue weighted by atomic mass is 9.98. The summed E-state index contributed by atoms with van der Waals surface area (Å²) in [6, 6.07) is 15.4. The first-order valence-corrected chi connectivity index (χ1v) is 13.4. The number of carbonyl (C=O) groups is 1. The Bertz CT molecular complexity index is 1180. The molecule has 2 aliphatic rings. The zero-order valence-electron chi connectivity index (χ0n) is 22.2. The lowest BCUT2D eigenvalue weighted by Gasteiger charge is -2.36. The molecule has 37 heavy (non-hydrogen) atoms. The molecule has 1 aromatic carbocycles. The van der Waals surface area contributed by atoms with Crippen LogP contribution in [0.1, 0.15) is 48.2 Å². The van der Waals surface area contributed by atoms with Gasteiger partial charge >= 0.3 is 0 Å². The molecule has 194 valence electrons. The van der Waals surface area contributed by atoms with Crippen LogP contribution in [-0.2, 0) is 6.54 Å². The molecule has 0 radical (unpaired) electrons. The minimum Gasteiger partial charge on any atom is -0.356 e. The van der Waals surface area contributed by atoms with Crippen molar-refractivity contribution >= 4 is 11.7 Å². The molecule has 0 bridgehead atoms. The van der Waals surface area contributed by atoms with Crippen LogP contribution in [-0.4, -0.2) is 65.1 Å². The van der Waals surface area contributed by atoms with Crippen molar-refractivity contribution < 1.29 is 4.79 Å². The Labute approximate surface area is 220 Å². The molecule has 0 aliphatic carbocycles. The van der Waals surface area contributed by atoms with Gasteiger partial charge in [0, 0.05) is 80.6 Å². The van der Waals surface area contributed by atoms with Crippen LogP contribution < -0.4 is 15.5 Å². The van der Waals surface area contributed by atoms with Crippen LogP contribution in [0.3, 0.4) is 0 Å². The summed E-state index contributed by atoms with van der Waals surface area (Å²) in [4.78, 5) is 26.9. The number of aromatic nitrogens is 2. The van der Waals surface area contributed by atoms with E-state index in [2.05, 4.69) is 58.3 Å². The zero-order valence-corrected chi connectivity index (χ0v) is 22.2. The highest BCUT2D eigenvalue weighted by Crippen LogP contribution is 2.24. The van der Waals surface area contributed by atoms with Crippen molar-refractivity contribution in [3.05, 3.63) is 77.7 Å². The molecule has 7 heteroatoms. The second-order valence-corrected chi connectivity index (χ2v) is 10.7. The van der Waals surface area contributed by atoms with Gasteiger partial charge in [0.1, 0.15) is 5.82 Å². The summed E-state index contributed by atoms with van der Waals surface area (Å²) in [5.74, 6) is 1.01. The Morgan fingerprint density at radius 2 is 1.84 bits per heavy atom. The monoisotopic (exact) mass is 498 g/mol. The van der Waals surface area contributed by atoms with Gasteiger partial charge in [-0.25, -0.2) is 4.98 Å². The fourth-order valence-electron chi connectivity index (χ4n) is 5.64. The number of piperidine rings is 1. The summed E-state index contributed by atoms with van der Waals surface area (Å²) in [6.07, 6.45) is 7.45. The first-order valence-electron chi connectivity index (χ1n) is 13.4. The van der Waals surface area contributed by atoms with Crippen LogP contribution in [0.5, 0.6) is 0 Å². The molecule has 7 nitrogen and oxygen atoms in total. The SMILES string of the molecule is Cc1ccc(C(=O)NC2CCN(c3ccc(CN4CC(C)NC(C)C4)cn3)CC2)cc1-c1cccnc1. The molecule has 3 aromatic rings. The summed E-state index contributed by atoms with van der Waals surface area (Å²) in [6.45, 7) is 11.4. The number of anilines is 1. The van der Waals surface area contributed by atoms with E-state index in [-0.39, 0.29) is 11.9 Å². The Balaban J connectivity index is 1.13. The van der Waals surface area contributed by atoms with Gasteiger partial charge in [-0.2, -0.15) is 0 Å². The van der Waals surface area contributed by atoms with Gasteiger partial charge in [0.15, 0.2) is 0 Å². The van der Waals surface area contributed by atoms with E-state index in [1.165, 1.54) is 5.56 Å². The lowest BCUT2D eigenvalue weighted by molar-refractivity contribution is 0.0931. The molecule has 2 N–H and O–H groups in total. The van der Waals surface area contributed by atoms with E-state index < -0.39 is 0 Å². The third-order valence-electron chi connectivity index (χ3n) is 7.47.